The highest BCUT2D eigenvalue weighted by Gasteiger charge is 2.39. The van der Waals surface area contributed by atoms with E-state index >= 15 is 0 Å². The molecule has 2 aromatic heterocycles. The van der Waals surface area contributed by atoms with Crippen molar-refractivity contribution in [3.05, 3.63) is 35.8 Å². The van der Waals surface area contributed by atoms with Gasteiger partial charge in [0.1, 0.15) is 17.4 Å². The van der Waals surface area contributed by atoms with Crippen LogP contribution >= 0.6 is 0 Å². The van der Waals surface area contributed by atoms with Gasteiger partial charge in [-0.2, -0.15) is 0 Å². The summed E-state index contributed by atoms with van der Waals surface area (Å²) in [5, 5.41) is 2.77. The largest absolute Gasteiger partial charge is 0.355 e. The van der Waals surface area contributed by atoms with Crippen LogP contribution in [-0.2, 0) is 4.79 Å². The monoisotopic (exact) mass is 315 g/mol. The van der Waals surface area contributed by atoms with Crippen LogP contribution in [0.1, 0.15) is 29.4 Å². The number of nitrogens with two attached hydrogens (primary N) is 1. The minimum Gasteiger partial charge on any atom is -0.355 e. The number of pyridine rings is 1. The molecule has 122 valence electrons. The zero-order valence-corrected chi connectivity index (χ0v) is 13.3. The zero-order chi connectivity index (χ0) is 16.6. The molecular weight excluding hydrogens is 294 g/mol. The molecule has 1 aliphatic heterocycles. The van der Waals surface area contributed by atoms with Gasteiger partial charge in [0, 0.05) is 31.5 Å². The number of likely N-dealkylation sites (tertiary alicyclic amines) is 1. The second-order valence-corrected chi connectivity index (χ2v) is 5.91. The molecule has 1 aliphatic rings. The molecule has 0 aromatic carbocycles. The topological polar surface area (TPSA) is 92.7 Å². The van der Waals surface area contributed by atoms with Crippen molar-refractivity contribution in [2.45, 2.75) is 32.4 Å². The third-order valence-corrected chi connectivity index (χ3v) is 4.14. The highest BCUT2D eigenvalue weighted by Crippen LogP contribution is 2.20. The Morgan fingerprint density at radius 3 is 2.96 bits per heavy atom. The molecule has 3 heterocycles. The van der Waals surface area contributed by atoms with Crippen LogP contribution in [0.5, 0.6) is 0 Å². The minimum atomic E-state index is -0.525. The third kappa shape index (κ3) is 2.79. The molecule has 0 radical (unpaired) electrons. The SMILES string of the molecule is CCNC(=O)[C@@H]1C[C@H](N)CN1C(=O)c1cn2cccc(C)c2n1. The Balaban J connectivity index is 1.90. The summed E-state index contributed by atoms with van der Waals surface area (Å²) in [6.45, 7) is 4.69. The lowest BCUT2D eigenvalue weighted by Gasteiger charge is -2.22. The lowest BCUT2D eigenvalue weighted by Crippen LogP contribution is -2.46. The number of aromatic nitrogens is 2. The molecule has 0 unspecified atom stereocenters. The standard InChI is InChI=1S/C16H21N5O2/c1-3-18-15(22)13-7-11(17)8-21(13)16(23)12-9-20-6-4-5-10(2)14(20)19-12/h4-6,9,11,13H,3,7-8,17H2,1-2H3,(H,18,22)/t11-,13-/m0/s1. The Morgan fingerprint density at radius 1 is 1.48 bits per heavy atom. The predicted octanol–water partition coefficient (Wildman–Crippen LogP) is 0.321. The molecule has 1 fully saturated rings. The number of hydrogen-bond acceptors (Lipinski definition) is 4. The first-order valence-corrected chi connectivity index (χ1v) is 7.79. The second kappa shape index (κ2) is 6.00. The summed E-state index contributed by atoms with van der Waals surface area (Å²) in [7, 11) is 0. The highest BCUT2D eigenvalue weighted by atomic mass is 16.2. The summed E-state index contributed by atoms with van der Waals surface area (Å²) in [6, 6.07) is 3.13. The maximum Gasteiger partial charge on any atom is 0.274 e. The molecule has 3 rings (SSSR count). The van der Waals surface area contributed by atoms with Crippen LogP contribution in [0, 0.1) is 6.92 Å². The highest BCUT2D eigenvalue weighted by molar-refractivity contribution is 5.97. The summed E-state index contributed by atoms with van der Waals surface area (Å²) >= 11 is 0. The number of amides is 2. The van der Waals surface area contributed by atoms with Crippen molar-refractivity contribution in [2.24, 2.45) is 5.73 Å². The summed E-state index contributed by atoms with van der Waals surface area (Å²) in [5.41, 5.74) is 8.04. The van der Waals surface area contributed by atoms with Crippen LogP contribution in [0.15, 0.2) is 24.5 Å². The average Bonchev–Trinajstić information content (AvgIpc) is 3.11. The molecule has 2 atom stereocenters. The first-order valence-electron chi connectivity index (χ1n) is 7.79. The molecule has 7 nitrogen and oxygen atoms in total. The Bertz CT molecular complexity index is 754. The quantitative estimate of drug-likeness (QED) is 0.853. The van der Waals surface area contributed by atoms with Crippen molar-refractivity contribution >= 4 is 17.5 Å². The van der Waals surface area contributed by atoms with Gasteiger partial charge in [-0.1, -0.05) is 6.07 Å². The first-order chi connectivity index (χ1) is 11.0. The van der Waals surface area contributed by atoms with Crippen molar-refractivity contribution in [3.8, 4) is 0 Å². The fraction of sp³-hybridized carbons (Fsp3) is 0.438. The smallest absolute Gasteiger partial charge is 0.274 e. The van der Waals surface area contributed by atoms with Gasteiger partial charge in [0.15, 0.2) is 0 Å². The molecule has 1 saturated heterocycles. The summed E-state index contributed by atoms with van der Waals surface area (Å²) < 4.78 is 1.82. The molecule has 23 heavy (non-hydrogen) atoms. The van der Waals surface area contributed by atoms with Crippen molar-refractivity contribution in [1.29, 1.82) is 0 Å². The van der Waals surface area contributed by atoms with Gasteiger partial charge < -0.3 is 20.4 Å². The van der Waals surface area contributed by atoms with E-state index in [0.29, 0.717) is 25.2 Å². The minimum absolute atomic E-state index is 0.159. The lowest BCUT2D eigenvalue weighted by atomic mass is 10.1. The van der Waals surface area contributed by atoms with Gasteiger partial charge in [0.05, 0.1) is 0 Å². The Morgan fingerprint density at radius 2 is 2.26 bits per heavy atom. The fourth-order valence-corrected chi connectivity index (χ4v) is 3.04. The van der Waals surface area contributed by atoms with E-state index in [1.54, 1.807) is 6.20 Å². The number of aryl methyl sites for hydroxylation is 1. The van der Waals surface area contributed by atoms with Crippen LogP contribution in [0.25, 0.3) is 5.65 Å². The second-order valence-electron chi connectivity index (χ2n) is 5.91. The van der Waals surface area contributed by atoms with E-state index in [1.807, 2.05) is 36.6 Å². The van der Waals surface area contributed by atoms with Crippen LogP contribution in [0.3, 0.4) is 0 Å². The third-order valence-electron chi connectivity index (χ3n) is 4.14. The van der Waals surface area contributed by atoms with E-state index in [-0.39, 0.29) is 17.9 Å². The number of fused-ring (bicyclic) bond motifs is 1. The molecule has 0 bridgehead atoms. The maximum atomic E-state index is 12.8. The van der Waals surface area contributed by atoms with Crippen molar-refractivity contribution in [2.75, 3.05) is 13.1 Å². The molecule has 2 aromatic rings. The number of rotatable bonds is 3. The van der Waals surface area contributed by atoms with E-state index in [2.05, 4.69) is 10.3 Å². The Kier molecular flexibility index (Phi) is 4.04. The number of carbonyl (C=O) groups excluding carboxylic acids is 2. The Hall–Kier alpha value is -2.41. The molecule has 2 amide bonds. The van der Waals surface area contributed by atoms with Crippen LogP contribution in [-0.4, -0.2) is 51.3 Å². The van der Waals surface area contributed by atoms with Crippen molar-refractivity contribution in [3.63, 3.8) is 0 Å². The fourth-order valence-electron chi connectivity index (χ4n) is 3.04. The molecule has 0 spiro atoms. The zero-order valence-electron chi connectivity index (χ0n) is 13.3. The predicted molar refractivity (Wildman–Crippen MR) is 86.0 cm³/mol. The summed E-state index contributed by atoms with van der Waals surface area (Å²) in [6.07, 6.45) is 4.02. The Labute approximate surface area is 134 Å². The van der Waals surface area contributed by atoms with Crippen molar-refractivity contribution < 1.29 is 9.59 Å². The number of nitrogens with one attached hydrogen (secondary N) is 1. The van der Waals surface area contributed by atoms with Crippen molar-refractivity contribution in [1.82, 2.24) is 19.6 Å². The summed E-state index contributed by atoms with van der Waals surface area (Å²) in [4.78, 5) is 30.9. The number of nitrogens with zero attached hydrogens (tertiary/aromatic N) is 3. The number of imidazole rings is 1. The van der Waals surface area contributed by atoms with Gasteiger partial charge in [-0.25, -0.2) is 4.98 Å². The van der Waals surface area contributed by atoms with Gasteiger partial charge in [-0.3, -0.25) is 9.59 Å². The van der Waals surface area contributed by atoms with Crippen LogP contribution in [0.2, 0.25) is 0 Å². The van der Waals surface area contributed by atoms with Gasteiger partial charge >= 0.3 is 0 Å². The molecule has 0 saturated carbocycles. The van der Waals surface area contributed by atoms with E-state index in [0.717, 1.165) is 11.2 Å². The average molecular weight is 315 g/mol. The maximum absolute atomic E-state index is 12.8. The van der Waals surface area contributed by atoms with E-state index in [4.69, 9.17) is 5.73 Å². The normalized spacial score (nSPS) is 20.9. The molecular formula is C16H21N5O2. The van der Waals surface area contributed by atoms with Gasteiger partial charge in [0.25, 0.3) is 5.91 Å². The van der Waals surface area contributed by atoms with Gasteiger partial charge in [-0.05, 0) is 31.9 Å². The lowest BCUT2D eigenvalue weighted by molar-refractivity contribution is -0.124. The summed E-state index contributed by atoms with van der Waals surface area (Å²) in [5.74, 6) is -0.411. The van der Waals surface area contributed by atoms with E-state index in [9.17, 15) is 9.59 Å². The van der Waals surface area contributed by atoms with E-state index < -0.39 is 6.04 Å². The van der Waals surface area contributed by atoms with Crippen LogP contribution < -0.4 is 11.1 Å². The number of carbonyl (C=O) groups is 2. The van der Waals surface area contributed by atoms with Gasteiger partial charge in [0.2, 0.25) is 5.91 Å². The molecule has 7 heteroatoms. The number of hydrogen-bond donors (Lipinski definition) is 2. The number of likely N-dealkylation sites (N-methyl/N-ethyl adjacent to an activating group) is 1. The van der Waals surface area contributed by atoms with Gasteiger partial charge in [-0.15, -0.1) is 0 Å². The first kappa shape index (κ1) is 15.5. The van der Waals surface area contributed by atoms with Crippen LogP contribution in [0.4, 0.5) is 0 Å². The molecule has 3 N–H and O–H groups in total. The van der Waals surface area contributed by atoms with E-state index in [1.165, 1.54) is 4.90 Å². The molecule has 0 aliphatic carbocycles.